The summed E-state index contributed by atoms with van der Waals surface area (Å²) in [6.07, 6.45) is 2.96. The molecule has 84 valence electrons. The zero-order chi connectivity index (χ0) is 10.7. The molecule has 0 heterocycles. The molecule has 2 heteroatoms. The highest BCUT2D eigenvalue weighted by Crippen LogP contribution is 2.37. The van der Waals surface area contributed by atoms with Crippen molar-refractivity contribution in [3.05, 3.63) is 0 Å². The second kappa shape index (κ2) is 5.13. The fourth-order valence-electron chi connectivity index (χ4n) is 2.58. The summed E-state index contributed by atoms with van der Waals surface area (Å²) in [5, 5.41) is 19.0. The van der Waals surface area contributed by atoms with Gasteiger partial charge in [0.2, 0.25) is 0 Å². The van der Waals surface area contributed by atoms with Crippen LogP contribution in [-0.4, -0.2) is 22.9 Å². The zero-order valence-electron chi connectivity index (χ0n) is 9.61. The maximum absolute atomic E-state index is 9.86. The van der Waals surface area contributed by atoms with Gasteiger partial charge in [0, 0.05) is 6.61 Å². The van der Waals surface area contributed by atoms with Gasteiger partial charge in [-0.05, 0) is 42.9 Å². The Bertz CT molecular complexity index is 164. The second-order valence-corrected chi connectivity index (χ2v) is 5.21. The predicted octanol–water partition coefficient (Wildman–Crippen LogP) is 2.05. The smallest absolute Gasteiger partial charge is 0.0572 e. The van der Waals surface area contributed by atoms with Gasteiger partial charge < -0.3 is 10.2 Å². The molecule has 1 fully saturated rings. The van der Waals surface area contributed by atoms with Gasteiger partial charge in [0.1, 0.15) is 0 Å². The van der Waals surface area contributed by atoms with Crippen LogP contribution < -0.4 is 0 Å². The van der Waals surface area contributed by atoms with Crippen molar-refractivity contribution < 1.29 is 10.2 Å². The summed E-state index contributed by atoms with van der Waals surface area (Å²) >= 11 is 0. The van der Waals surface area contributed by atoms with Crippen LogP contribution in [0.1, 0.15) is 40.0 Å². The van der Waals surface area contributed by atoms with Crippen molar-refractivity contribution in [2.75, 3.05) is 6.61 Å². The summed E-state index contributed by atoms with van der Waals surface area (Å²) in [4.78, 5) is 0. The van der Waals surface area contributed by atoms with E-state index in [-0.39, 0.29) is 18.6 Å². The second-order valence-electron chi connectivity index (χ2n) is 5.21. The van der Waals surface area contributed by atoms with Crippen LogP contribution in [0.4, 0.5) is 0 Å². The predicted molar refractivity (Wildman–Crippen MR) is 57.9 cm³/mol. The topological polar surface area (TPSA) is 40.5 Å². The van der Waals surface area contributed by atoms with Crippen LogP contribution >= 0.6 is 0 Å². The van der Waals surface area contributed by atoms with Crippen molar-refractivity contribution in [2.45, 2.75) is 46.1 Å². The van der Waals surface area contributed by atoms with E-state index in [2.05, 4.69) is 13.8 Å². The molecule has 14 heavy (non-hydrogen) atoms. The van der Waals surface area contributed by atoms with Crippen molar-refractivity contribution in [1.82, 2.24) is 0 Å². The largest absolute Gasteiger partial charge is 0.396 e. The normalized spacial score (nSPS) is 36.0. The lowest BCUT2D eigenvalue weighted by molar-refractivity contribution is -0.00199. The third kappa shape index (κ3) is 2.71. The zero-order valence-corrected chi connectivity index (χ0v) is 9.61. The van der Waals surface area contributed by atoms with Crippen molar-refractivity contribution in [1.29, 1.82) is 0 Å². The van der Waals surface area contributed by atoms with E-state index in [4.69, 9.17) is 5.11 Å². The average molecular weight is 200 g/mol. The first-order chi connectivity index (χ1) is 6.56. The Morgan fingerprint density at radius 3 is 2.36 bits per heavy atom. The lowest BCUT2D eigenvalue weighted by Gasteiger charge is -2.38. The van der Waals surface area contributed by atoms with E-state index < -0.39 is 0 Å². The van der Waals surface area contributed by atoms with Crippen LogP contribution in [0, 0.1) is 23.7 Å². The average Bonchev–Trinajstić information content (AvgIpc) is 2.17. The van der Waals surface area contributed by atoms with E-state index in [1.165, 1.54) is 0 Å². The number of aliphatic hydroxyl groups is 2. The van der Waals surface area contributed by atoms with Crippen LogP contribution in [-0.2, 0) is 0 Å². The summed E-state index contributed by atoms with van der Waals surface area (Å²) in [6, 6.07) is 0. The number of rotatable bonds is 3. The molecule has 2 N–H and O–H groups in total. The number of hydrogen-bond acceptors (Lipinski definition) is 2. The quantitative estimate of drug-likeness (QED) is 0.732. The molecular weight excluding hydrogens is 176 g/mol. The Balaban J connectivity index is 2.55. The first kappa shape index (κ1) is 12.0. The van der Waals surface area contributed by atoms with E-state index in [0.29, 0.717) is 11.8 Å². The fourth-order valence-corrected chi connectivity index (χ4v) is 2.58. The maximum atomic E-state index is 9.86. The SMILES string of the molecule is CC(C)C1CCC(O)C(C(C)CO)C1. The van der Waals surface area contributed by atoms with Crippen LogP contribution in [0.15, 0.2) is 0 Å². The van der Waals surface area contributed by atoms with Crippen molar-refractivity contribution in [3.8, 4) is 0 Å². The minimum absolute atomic E-state index is 0.188. The molecule has 4 atom stereocenters. The fraction of sp³-hybridized carbons (Fsp3) is 1.00. The van der Waals surface area contributed by atoms with E-state index in [1.807, 2.05) is 6.92 Å². The highest BCUT2D eigenvalue weighted by atomic mass is 16.3. The lowest BCUT2D eigenvalue weighted by atomic mass is 9.71. The summed E-state index contributed by atoms with van der Waals surface area (Å²) < 4.78 is 0. The molecule has 0 spiro atoms. The van der Waals surface area contributed by atoms with Crippen molar-refractivity contribution in [2.24, 2.45) is 23.7 Å². The molecule has 1 rings (SSSR count). The van der Waals surface area contributed by atoms with E-state index in [1.54, 1.807) is 0 Å². The van der Waals surface area contributed by atoms with Gasteiger partial charge in [-0.15, -0.1) is 0 Å². The maximum Gasteiger partial charge on any atom is 0.0572 e. The number of hydrogen-bond donors (Lipinski definition) is 2. The summed E-state index contributed by atoms with van der Waals surface area (Å²) in [6.45, 7) is 6.75. The van der Waals surface area contributed by atoms with Gasteiger partial charge in [-0.3, -0.25) is 0 Å². The molecule has 0 amide bonds. The summed E-state index contributed by atoms with van der Waals surface area (Å²) in [5.74, 6) is 1.99. The standard InChI is InChI=1S/C12H24O2/c1-8(2)10-4-5-12(14)11(6-10)9(3)7-13/h8-14H,4-7H2,1-3H3. The van der Waals surface area contributed by atoms with Crippen LogP contribution in [0.25, 0.3) is 0 Å². The Hall–Kier alpha value is -0.0800. The Morgan fingerprint density at radius 1 is 1.21 bits per heavy atom. The minimum Gasteiger partial charge on any atom is -0.396 e. The molecule has 1 saturated carbocycles. The van der Waals surface area contributed by atoms with Gasteiger partial charge in [0.15, 0.2) is 0 Å². The van der Waals surface area contributed by atoms with Crippen LogP contribution in [0.5, 0.6) is 0 Å². The molecule has 2 nitrogen and oxygen atoms in total. The molecule has 0 aromatic carbocycles. The Morgan fingerprint density at radius 2 is 1.86 bits per heavy atom. The van der Waals surface area contributed by atoms with Crippen LogP contribution in [0.3, 0.4) is 0 Å². The first-order valence-corrected chi connectivity index (χ1v) is 5.85. The highest BCUT2D eigenvalue weighted by Gasteiger charge is 2.33. The Kier molecular flexibility index (Phi) is 4.39. The molecule has 0 aliphatic heterocycles. The van der Waals surface area contributed by atoms with Crippen molar-refractivity contribution in [3.63, 3.8) is 0 Å². The first-order valence-electron chi connectivity index (χ1n) is 5.85. The molecule has 0 radical (unpaired) electrons. The summed E-state index contributed by atoms with van der Waals surface area (Å²) in [5.41, 5.74) is 0. The van der Waals surface area contributed by atoms with Crippen molar-refractivity contribution >= 4 is 0 Å². The highest BCUT2D eigenvalue weighted by molar-refractivity contribution is 4.83. The molecule has 0 saturated heterocycles. The summed E-state index contributed by atoms with van der Waals surface area (Å²) in [7, 11) is 0. The molecule has 0 bridgehead atoms. The lowest BCUT2D eigenvalue weighted by Crippen LogP contribution is -2.36. The van der Waals surface area contributed by atoms with E-state index >= 15 is 0 Å². The molecule has 0 aromatic rings. The van der Waals surface area contributed by atoms with E-state index in [0.717, 1.165) is 25.2 Å². The molecule has 1 aliphatic rings. The van der Waals surface area contributed by atoms with Gasteiger partial charge in [0.25, 0.3) is 0 Å². The molecule has 1 aliphatic carbocycles. The van der Waals surface area contributed by atoms with Gasteiger partial charge >= 0.3 is 0 Å². The molecular formula is C12H24O2. The third-order valence-electron chi connectivity index (χ3n) is 3.86. The third-order valence-corrected chi connectivity index (χ3v) is 3.86. The van der Waals surface area contributed by atoms with Crippen LogP contribution in [0.2, 0.25) is 0 Å². The molecule has 0 aromatic heterocycles. The number of aliphatic hydroxyl groups excluding tert-OH is 2. The monoisotopic (exact) mass is 200 g/mol. The molecule has 4 unspecified atom stereocenters. The van der Waals surface area contributed by atoms with Gasteiger partial charge in [-0.1, -0.05) is 20.8 Å². The Labute approximate surface area is 87.3 Å². The van der Waals surface area contributed by atoms with Gasteiger partial charge in [-0.25, -0.2) is 0 Å². The minimum atomic E-state index is -0.188. The van der Waals surface area contributed by atoms with Gasteiger partial charge in [0.05, 0.1) is 6.10 Å². The van der Waals surface area contributed by atoms with E-state index in [9.17, 15) is 5.11 Å². The van der Waals surface area contributed by atoms with Gasteiger partial charge in [-0.2, -0.15) is 0 Å².